The maximum absolute atomic E-state index is 14.3. The summed E-state index contributed by atoms with van der Waals surface area (Å²) in [6.45, 7) is 5.22. The zero-order chi connectivity index (χ0) is 21.6. The molecule has 0 fully saturated rings. The Kier molecular flexibility index (Phi) is 7.69. The number of aliphatic hydroxyl groups excluding tert-OH is 2. The average Bonchev–Trinajstić information content (AvgIpc) is 3.01. The van der Waals surface area contributed by atoms with Gasteiger partial charge >= 0.3 is 0 Å². The Labute approximate surface area is 169 Å². The van der Waals surface area contributed by atoms with Gasteiger partial charge in [-0.05, 0) is 36.8 Å². The fourth-order valence-electron chi connectivity index (χ4n) is 2.85. The lowest BCUT2D eigenvalue weighted by molar-refractivity contribution is 0.0803. The lowest BCUT2D eigenvalue weighted by atomic mass is 10.1. The Morgan fingerprint density at radius 3 is 2.69 bits per heavy atom. The molecule has 7 nitrogen and oxygen atoms in total. The van der Waals surface area contributed by atoms with Gasteiger partial charge in [-0.15, -0.1) is 0 Å². The van der Waals surface area contributed by atoms with E-state index in [1.807, 2.05) is 13.8 Å². The summed E-state index contributed by atoms with van der Waals surface area (Å²) in [6.07, 6.45) is 0.545. The van der Waals surface area contributed by atoms with Crippen LogP contribution in [0.1, 0.15) is 29.8 Å². The van der Waals surface area contributed by atoms with Gasteiger partial charge in [-0.2, -0.15) is 0 Å². The molecule has 1 aromatic carbocycles. The van der Waals surface area contributed by atoms with Crippen LogP contribution in [0.4, 0.5) is 15.9 Å². The highest BCUT2D eigenvalue weighted by Crippen LogP contribution is 2.31. The lowest BCUT2D eigenvalue weighted by Crippen LogP contribution is -2.34. The number of nitrogens with zero attached hydrogens (tertiary/aromatic N) is 2. The normalized spacial score (nSPS) is 11.6. The molecule has 0 saturated carbocycles. The standard InChI is InChI=1S/C19H21FN4O3.C2H6/c1-11-5-6-15(14(20)8-11)23-18-16(19(27)22-9-12(26)10-25)13-4-3-7-21-17(13)24(18)2;1-2/h3-8,12,23,25-26H,9-10H2,1-2H3,(H,22,27);1-2H3. The molecule has 0 bridgehead atoms. The number of hydrogen-bond donors (Lipinski definition) is 4. The summed E-state index contributed by atoms with van der Waals surface area (Å²) in [4.78, 5) is 17.1. The van der Waals surface area contributed by atoms with Gasteiger partial charge in [0.1, 0.15) is 17.3 Å². The van der Waals surface area contributed by atoms with Gasteiger partial charge in [-0.25, -0.2) is 9.37 Å². The average molecular weight is 402 g/mol. The number of rotatable bonds is 6. The number of nitrogens with one attached hydrogen (secondary N) is 2. The Bertz CT molecular complexity index is 987. The Morgan fingerprint density at radius 1 is 1.31 bits per heavy atom. The second kappa shape index (κ2) is 9.99. The van der Waals surface area contributed by atoms with Crippen LogP contribution in [0.25, 0.3) is 11.0 Å². The number of carbonyl (C=O) groups is 1. The molecule has 8 heteroatoms. The van der Waals surface area contributed by atoms with E-state index >= 15 is 0 Å². The van der Waals surface area contributed by atoms with Crippen molar-refractivity contribution in [2.24, 2.45) is 7.05 Å². The smallest absolute Gasteiger partial charge is 0.255 e. The number of amides is 1. The largest absolute Gasteiger partial charge is 0.394 e. The monoisotopic (exact) mass is 402 g/mol. The first-order valence-electron chi connectivity index (χ1n) is 9.46. The molecule has 0 saturated heterocycles. The van der Waals surface area contributed by atoms with Crippen molar-refractivity contribution in [3.8, 4) is 0 Å². The minimum atomic E-state index is -1.06. The summed E-state index contributed by atoms with van der Waals surface area (Å²) < 4.78 is 16.0. The fourth-order valence-corrected chi connectivity index (χ4v) is 2.85. The number of benzene rings is 1. The van der Waals surface area contributed by atoms with E-state index in [0.29, 0.717) is 16.9 Å². The third kappa shape index (κ3) is 4.90. The highest BCUT2D eigenvalue weighted by Gasteiger charge is 2.23. The van der Waals surface area contributed by atoms with Crippen LogP contribution in [-0.2, 0) is 7.05 Å². The molecule has 0 aliphatic rings. The van der Waals surface area contributed by atoms with Gasteiger partial charge in [0.15, 0.2) is 0 Å². The van der Waals surface area contributed by atoms with Gasteiger partial charge in [-0.3, -0.25) is 4.79 Å². The number of aliphatic hydroxyl groups is 2. The second-order valence-corrected chi connectivity index (χ2v) is 6.31. The van der Waals surface area contributed by atoms with Crippen LogP contribution in [0.5, 0.6) is 0 Å². The molecule has 3 rings (SSSR count). The molecule has 1 amide bonds. The molecule has 1 atom stereocenters. The maximum atomic E-state index is 14.3. The Balaban J connectivity index is 0.00000145. The van der Waals surface area contributed by atoms with Crippen LogP contribution in [0.15, 0.2) is 36.5 Å². The van der Waals surface area contributed by atoms with E-state index < -0.39 is 24.4 Å². The van der Waals surface area contributed by atoms with Crippen LogP contribution in [0.2, 0.25) is 0 Å². The molecule has 3 aromatic rings. The zero-order valence-electron chi connectivity index (χ0n) is 17.0. The van der Waals surface area contributed by atoms with Crippen LogP contribution in [0.3, 0.4) is 0 Å². The predicted octanol–water partition coefficient (Wildman–Crippen LogP) is 2.87. The summed E-state index contributed by atoms with van der Waals surface area (Å²) in [7, 11) is 1.73. The Morgan fingerprint density at radius 2 is 2.03 bits per heavy atom. The number of aromatic nitrogens is 2. The molecule has 2 aromatic heterocycles. The van der Waals surface area contributed by atoms with Crippen molar-refractivity contribution < 1.29 is 19.4 Å². The van der Waals surface area contributed by atoms with Gasteiger partial charge in [0.05, 0.1) is 24.0 Å². The van der Waals surface area contributed by atoms with E-state index in [1.54, 1.807) is 49.0 Å². The molecule has 1 unspecified atom stereocenters. The summed E-state index contributed by atoms with van der Waals surface area (Å²) in [6, 6.07) is 8.23. The number of fused-ring (bicyclic) bond motifs is 1. The van der Waals surface area contributed by atoms with Crippen molar-refractivity contribution >= 4 is 28.4 Å². The van der Waals surface area contributed by atoms with Gasteiger partial charge in [0.25, 0.3) is 5.91 Å². The van der Waals surface area contributed by atoms with E-state index in [9.17, 15) is 14.3 Å². The van der Waals surface area contributed by atoms with E-state index in [1.165, 1.54) is 6.07 Å². The number of anilines is 2. The molecule has 156 valence electrons. The van der Waals surface area contributed by atoms with Crippen molar-refractivity contribution in [1.82, 2.24) is 14.9 Å². The zero-order valence-corrected chi connectivity index (χ0v) is 17.0. The van der Waals surface area contributed by atoms with E-state index in [-0.39, 0.29) is 17.8 Å². The fraction of sp³-hybridized carbons (Fsp3) is 0.333. The van der Waals surface area contributed by atoms with Gasteiger partial charge in [-0.1, -0.05) is 19.9 Å². The molecule has 29 heavy (non-hydrogen) atoms. The molecule has 4 N–H and O–H groups in total. The van der Waals surface area contributed by atoms with Crippen molar-refractivity contribution in [3.05, 3.63) is 53.5 Å². The second-order valence-electron chi connectivity index (χ2n) is 6.31. The number of carbonyl (C=O) groups excluding carboxylic acids is 1. The van der Waals surface area contributed by atoms with Crippen LogP contribution >= 0.6 is 0 Å². The molecule has 0 aliphatic carbocycles. The number of halogens is 1. The summed E-state index contributed by atoms with van der Waals surface area (Å²) >= 11 is 0. The summed E-state index contributed by atoms with van der Waals surface area (Å²) in [5.74, 6) is -0.520. The third-order valence-corrected chi connectivity index (χ3v) is 4.26. The van der Waals surface area contributed by atoms with Gasteiger partial charge in [0.2, 0.25) is 0 Å². The highest BCUT2D eigenvalue weighted by molar-refractivity contribution is 6.11. The van der Waals surface area contributed by atoms with Crippen LogP contribution < -0.4 is 10.6 Å². The van der Waals surface area contributed by atoms with E-state index in [4.69, 9.17) is 5.11 Å². The van der Waals surface area contributed by atoms with E-state index in [0.717, 1.165) is 5.56 Å². The minimum Gasteiger partial charge on any atom is -0.394 e. The predicted molar refractivity (Wildman–Crippen MR) is 112 cm³/mol. The molecule has 0 aliphatic heterocycles. The molecular weight excluding hydrogens is 375 g/mol. The van der Waals surface area contributed by atoms with Crippen molar-refractivity contribution in [1.29, 1.82) is 0 Å². The van der Waals surface area contributed by atoms with Gasteiger partial charge < -0.3 is 25.4 Å². The topological polar surface area (TPSA) is 99.4 Å². The highest BCUT2D eigenvalue weighted by atomic mass is 19.1. The summed E-state index contributed by atoms with van der Waals surface area (Å²) in [5.41, 5.74) is 1.86. The SMILES string of the molecule is CC.Cc1ccc(Nc2c(C(=O)NCC(O)CO)c3cccnc3n2C)c(F)c1. The van der Waals surface area contributed by atoms with Crippen LogP contribution in [0, 0.1) is 12.7 Å². The van der Waals surface area contributed by atoms with Crippen molar-refractivity contribution in [2.45, 2.75) is 26.9 Å². The first kappa shape index (κ1) is 22.3. The molecule has 2 heterocycles. The summed E-state index contributed by atoms with van der Waals surface area (Å²) in [5, 5.41) is 24.6. The number of aryl methyl sites for hydroxylation is 2. The maximum Gasteiger partial charge on any atom is 0.255 e. The molecule has 0 radical (unpaired) electrons. The minimum absolute atomic E-state index is 0.107. The first-order chi connectivity index (χ1) is 13.9. The van der Waals surface area contributed by atoms with Crippen molar-refractivity contribution in [2.75, 3.05) is 18.5 Å². The van der Waals surface area contributed by atoms with Crippen molar-refractivity contribution in [3.63, 3.8) is 0 Å². The van der Waals surface area contributed by atoms with E-state index in [2.05, 4.69) is 15.6 Å². The lowest BCUT2D eigenvalue weighted by Gasteiger charge is -2.13. The first-order valence-corrected chi connectivity index (χ1v) is 9.46. The quantitative estimate of drug-likeness (QED) is 0.508. The number of pyridine rings is 1. The van der Waals surface area contributed by atoms with Gasteiger partial charge in [0, 0.05) is 25.2 Å². The van der Waals surface area contributed by atoms with Crippen LogP contribution in [-0.4, -0.2) is 44.9 Å². The molecule has 0 spiro atoms. The number of hydrogen-bond acceptors (Lipinski definition) is 5. The Hall–Kier alpha value is -2.97. The third-order valence-electron chi connectivity index (χ3n) is 4.26. The molecular formula is C21H27FN4O3.